The predicted octanol–water partition coefficient (Wildman–Crippen LogP) is 2.46. The van der Waals surface area contributed by atoms with Crippen molar-refractivity contribution in [1.82, 2.24) is 19.4 Å². The highest BCUT2D eigenvalue weighted by molar-refractivity contribution is 9.10. The molecule has 2 aromatic rings. The molecule has 2 heterocycles. The van der Waals surface area contributed by atoms with Gasteiger partial charge in [-0.15, -0.1) is 0 Å². The molecule has 1 aromatic heterocycles. The lowest BCUT2D eigenvalue weighted by Gasteiger charge is -2.34. The molecule has 3 rings (SSSR count). The molecule has 0 aliphatic carbocycles. The second-order valence-corrected chi connectivity index (χ2v) is 7.48. The van der Waals surface area contributed by atoms with Gasteiger partial charge in [0.2, 0.25) is 5.91 Å². The fraction of sp³-hybridized carbons (Fsp3) is 0.474. The molecule has 1 saturated heterocycles. The number of nitrogens with one attached hydrogen (secondary N) is 1. The summed E-state index contributed by atoms with van der Waals surface area (Å²) in [7, 11) is 0. The number of rotatable bonds is 7. The van der Waals surface area contributed by atoms with E-state index in [0.29, 0.717) is 6.54 Å². The van der Waals surface area contributed by atoms with E-state index in [1.807, 2.05) is 30.5 Å². The van der Waals surface area contributed by atoms with E-state index >= 15 is 0 Å². The van der Waals surface area contributed by atoms with Crippen LogP contribution in [0.3, 0.4) is 0 Å². The Morgan fingerprint density at radius 2 is 1.81 bits per heavy atom. The minimum Gasteiger partial charge on any atom is -0.334 e. The zero-order valence-electron chi connectivity index (χ0n) is 15.2. The summed E-state index contributed by atoms with van der Waals surface area (Å²) in [6, 6.07) is 7.67. The Bertz CT molecular complexity index is 707. The number of carbonyl (C=O) groups is 1. The third-order valence-corrected chi connectivity index (χ3v) is 5.26. The van der Waals surface area contributed by atoms with Crippen molar-refractivity contribution < 1.29 is 4.79 Å². The monoisotopic (exact) mass is 419 g/mol. The number of aryl methyl sites for hydroxylation is 1. The van der Waals surface area contributed by atoms with Gasteiger partial charge in [0.25, 0.3) is 0 Å². The molecule has 1 aliphatic heterocycles. The number of amides is 1. The van der Waals surface area contributed by atoms with Crippen LogP contribution in [0.2, 0.25) is 0 Å². The summed E-state index contributed by atoms with van der Waals surface area (Å²) in [6.45, 7) is 8.46. The normalized spacial score (nSPS) is 15.9. The molecule has 1 aromatic carbocycles. The number of hydrogen-bond donors (Lipinski definition) is 1. The Kier molecular flexibility index (Phi) is 6.82. The van der Waals surface area contributed by atoms with Gasteiger partial charge in [-0.3, -0.25) is 14.6 Å². The third kappa shape index (κ3) is 5.40. The Balaban J connectivity index is 1.38. The van der Waals surface area contributed by atoms with E-state index in [-0.39, 0.29) is 5.91 Å². The Hall–Kier alpha value is -1.70. The first-order chi connectivity index (χ1) is 12.6. The molecule has 0 unspecified atom stereocenters. The summed E-state index contributed by atoms with van der Waals surface area (Å²) in [5.41, 5.74) is 0.837. The molecule has 6 nitrogen and oxygen atoms in total. The van der Waals surface area contributed by atoms with Gasteiger partial charge in [0.15, 0.2) is 0 Å². The van der Waals surface area contributed by atoms with Gasteiger partial charge in [0.05, 0.1) is 6.54 Å². The zero-order chi connectivity index (χ0) is 18.4. The van der Waals surface area contributed by atoms with Crippen LogP contribution in [0.1, 0.15) is 12.7 Å². The van der Waals surface area contributed by atoms with Gasteiger partial charge >= 0.3 is 0 Å². The SMILES string of the molecule is CCc1nccn1CCN1CCN(CC(=O)Nc2ccc(Br)cc2)CC1. The summed E-state index contributed by atoms with van der Waals surface area (Å²) in [5.74, 6) is 1.19. The minimum absolute atomic E-state index is 0.0479. The molecule has 1 N–H and O–H groups in total. The summed E-state index contributed by atoms with van der Waals surface area (Å²) in [6.07, 6.45) is 4.90. The topological polar surface area (TPSA) is 53.4 Å². The number of benzene rings is 1. The van der Waals surface area contributed by atoms with Gasteiger partial charge in [-0.25, -0.2) is 4.98 Å². The highest BCUT2D eigenvalue weighted by Gasteiger charge is 2.19. The van der Waals surface area contributed by atoms with Crippen molar-refractivity contribution in [2.45, 2.75) is 19.9 Å². The van der Waals surface area contributed by atoms with Crippen LogP contribution in [0.25, 0.3) is 0 Å². The maximum Gasteiger partial charge on any atom is 0.238 e. The Morgan fingerprint density at radius 1 is 1.12 bits per heavy atom. The average molecular weight is 420 g/mol. The van der Waals surface area contributed by atoms with Crippen LogP contribution in [0.4, 0.5) is 5.69 Å². The minimum atomic E-state index is 0.0479. The molecule has 0 bridgehead atoms. The Labute approximate surface area is 163 Å². The first kappa shape index (κ1) is 19.1. The fourth-order valence-electron chi connectivity index (χ4n) is 3.22. The van der Waals surface area contributed by atoms with Gasteiger partial charge < -0.3 is 9.88 Å². The van der Waals surface area contributed by atoms with Crippen molar-refractivity contribution in [2.75, 3.05) is 44.6 Å². The van der Waals surface area contributed by atoms with E-state index < -0.39 is 0 Å². The summed E-state index contributed by atoms with van der Waals surface area (Å²) in [4.78, 5) is 21.3. The predicted molar refractivity (Wildman–Crippen MR) is 107 cm³/mol. The summed E-state index contributed by atoms with van der Waals surface area (Å²) < 4.78 is 3.24. The molecule has 0 atom stereocenters. The van der Waals surface area contributed by atoms with Crippen LogP contribution in [-0.4, -0.2) is 64.5 Å². The van der Waals surface area contributed by atoms with Crippen LogP contribution in [0.5, 0.6) is 0 Å². The van der Waals surface area contributed by atoms with Crippen LogP contribution in [0.15, 0.2) is 41.1 Å². The van der Waals surface area contributed by atoms with Crippen molar-refractivity contribution in [3.8, 4) is 0 Å². The second kappa shape index (κ2) is 9.30. The lowest BCUT2D eigenvalue weighted by molar-refractivity contribution is -0.117. The highest BCUT2D eigenvalue weighted by Crippen LogP contribution is 2.14. The maximum atomic E-state index is 12.2. The van der Waals surface area contributed by atoms with Crippen LogP contribution in [-0.2, 0) is 17.8 Å². The molecule has 7 heteroatoms. The molecule has 1 fully saturated rings. The molecule has 140 valence electrons. The first-order valence-corrected chi connectivity index (χ1v) is 9.93. The summed E-state index contributed by atoms with van der Waals surface area (Å²) >= 11 is 3.40. The van der Waals surface area contributed by atoms with E-state index in [0.717, 1.165) is 61.7 Å². The molecular formula is C19H26BrN5O. The van der Waals surface area contributed by atoms with Crippen molar-refractivity contribution in [3.63, 3.8) is 0 Å². The zero-order valence-corrected chi connectivity index (χ0v) is 16.8. The van der Waals surface area contributed by atoms with E-state index in [1.54, 1.807) is 0 Å². The number of nitrogens with zero attached hydrogens (tertiary/aromatic N) is 4. The lowest BCUT2D eigenvalue weighted by Crippen LogP contribution is -2.49. The first-order valence-electron chi connectivity index (χ1n) is 9.14. The van der Waals surface area contributed by atoms with Gasteiger partial charge in [0, 0.05) is 68.2 Å². The van der Waals surface area contributed by atoms with Crippen LogP contribution >= 0.6 is 15.9 Å². The maximum absolute atomic E-state index is 12.2. The van der Waals surface area contributed by atoms with Gasteiger partial charge in [-0.2, -0.15) is 0 Å². The molecular weight excluding hydrogens is 394 g/mol. The molecule has 1 amide bonds. The van der Waals surface area contributed by atoms with E-state index in [9.17, 15) is 4.79 Å². The number of carbonyl (C=O) groups excluding carboxylic acids is 1. The second-order valence-electron chi connectivity index (χ2n) is 6.56. The highest BCUT2D eigenvalue weighted by atomic mass is 79.9. The molecule has 1 aliphatic rings. The number of halogens is 1. The van der Waals surface area contributed by atoms with E-state index in [4.69, 9.17) is 0 Å². The fourth-order valence-corrected chi connectivity index (χ4v) is 3.48. The summed E-state index contributed by atoms with van der Waals surface area (Å²) in [5, 5.41) is 2.96. The quantitative estimate of drug-likeness (QED) is 0.748. The molecule has 0 saturated carbocycles. The molecule has 0 radical (unpaired) electrons. The van der Waals surface area contributed by atoms with Crippen molar-refractivity contribution in [1.29, 1.82) is 0 Å². The number of aromatic nitrogens is 2. The Morgan fingerprint density at radius 3 is 2.50 bits per heavy atom. The molecule has 26 heavy (non-hydrogen) atoms. The van der Waals surface area contributed by atoms with Crippen LogP contribution < -0.4 is 5.32 Å². The molecule has 0 spiro atoms. The van der Waals surface area contributed by atoms with E-state index in [1.165, 1.54) is 0 Å². The lowest BCUT2D eigenvalue weighted by atomic mass is 10.3. The standard InChI is InChI=1S/C19H26BrN5O/c1-2-18-21-7-8-25(18)14-13-23-9-11-24(12-10-23)15-19(26)22-17-5-3-16(20)4-6-17/h3-8H,2,9-15H2,1H3,(H,22,26). The van der Waals surface area contributed by atoms with Crippen molar-refractivity contribution in [3.05, 3.63) is 47.0 Å². The van der Waals surface area contributed by atoms with Crippen molar-refractivity contribution in [2.24, 2.45) is 0 Å². The van der Waals surface area contributed by atoms with Crippen LogP contribution in [0, 0.1) is 0 Å². The largest absolute Gasteiger partial charge is 0.334 e. The van der Waals surface area contributed by atoms with Crippen molar-refractivity contribution >= 4 is 27.5 Å². The number of piperazine rings is 1. The number of anilines is 1. The van der Waals surface area contributed by atoms with Gasteiger partial charge in [-0.05, 0) is 24.3 Å². The smallest absolute Gasteiger partial charge is 0.238 e. The average Bonchev–Trinajstić information content (AvgIpc) is 3.10. The van der Waals surface area contributed by atoms with E-state index in [2.05, 4.69) is 53.7 Å². The van der Waals surface area contributed by atoms with Gasteiger partial charge in [0.1, 0.15) is 5.82 Å². The number of imidazole rings is 1. The third-order valence-electron chi connectivity index (χ3n) is 4.74. The number of hydrogen-bond acceptors (Lipinski definition) is 4. The van der Waals surface area contributed by atoms with Gasteiger partial charge in [-0.1, -0.05) is 22.9 Å².